The number of nitrogens with zero attached hydrogens (tertiary/aromatic N) is 2. The third-order valence-electron chi connectivity index (χ3n) is 5.14. The van der Waals surface area contributed by atoms with Crippen LogP contribution in [0.3, 0.4) is 0 Å². The number of carbonyl (C=O) groups excluding carboxylic acids is 3. The Morgan fingerprint density at radius 3 is 2.58 bits per heavy atom. The summed E-state index contributed by atoms with van der Waals surface area (Å²) in [5.41, 5.74) is 0.458. The van der Waals surface area contributed by atoms with Crippen LogP contribution in [0.5, 0.6) is 0 Å². The van der Waals surface area contributed by atoms with Crippen LogP contribution in [-0.2, 0) is 36.3 Å². The summed E-state index contributed by atoms with van der Waals surface area (Å²) in [6, 6.07) is 7.83. The number of fused-ring (bicyclic) bond motifs is 1. The molecule has 1 saturated heterocycles. The topological polar surface area (TPSA) is 145 Å². The van der Waals surface area contributed by atoms with Crippen molar-refractivity contribution in [1.29, 1.82) is 0 Å². The van der Waals surface area contributed by atoms with Gasteiger partial charge in [-0.2, -0.15) is 0 Å². The molecule has 2 aliphatic heterocycles. The van der Waals surface area contributed by atoms with E-state index in [9.17, 15) is 28.5 Å². The lowest BCUT2D eigenvalue weighted by Crippen LogP contribution is -2.73. The molecule has 1 aromatic rings. The highest BCUT2D eigenvalue weighted by atomic mass is 32.2. The predicted octanol–water partition coefficient (Wildman–Crippen LogP) is -0.729. The van der Waals surface area contributed by atoms with Crippen LogP contribution < -0.4 is 10.6 Å². The highest BCUT2D eigenvalue weighted by Crippen LogP contribution is 2.35. The van der Waals surface area contributed by atoms with Gasteiger partial charge in [-0.1, -0.05) is 30.3 Å². The highest BCUT2D eigenvalue weighted by Gasteiger charge is 2.57. The summed E-state index contributed by atoms with van der Waals surface area (Å²) >= 11 is 0. The third kappa shape index (κ3) is 5.76. The van der Waals surface area contributed by atoms with E-state index in [1.54, 1.807) is 24.3 Å². The molecule has 33 heavy (non-hydrogen) atoms. The number of β-lactam (4-membered cyclic amide) rings is 1. The smallest absolute Gasteiger partial charge is 0.407 e. The molecular formula is C21H26N4O7S. The number of likely N-dealkylation sites (N-methyl/N-ethyl adjacent to an activating group) is 1. The van der Waals surface area contributed by atoms with E-state index in [4.69, 9.17) is 4.74 Å². The molecule has 2 aliphatic rings. The average molecular weight is 479 g/mol. The lowest BCUT2D eigenvalue weighted by Gasteiger charge is -2.49. The number of rotatable bonds is 9. The van der Waals surface area contributed by atoms with E-state index >= 15 is 0 Å². The summed E-state index contributed by atoms with van der Waals surface area (Å²) < 4.78 is 17.9. The van der Waals surface area contributed by atoms with Crippen LogP contribution in [0.2, 0.25) is 0 Å². The van der Waals surface area contributed by atoms with Gasteiger partial charge in [0.1, 0.15) is 23.7 Å². The van der Waals surface area contributed by atoms with Crippen molar-refractivity contribution in [3.05, 3.63) is 47.2 Å². The van der Waals surface area contributed by atoms with Gasteiger partial charge in [-0.05, 0) is 19.7 Å². The number of carboxylic acids is 1. The Bertz CT molecular complexity index is 996. The summed E-state index contributed by atoms with van der Waals surface area (Å²) in [6.07, 6.45) is -0.712. The number of amides is 3. The summed E-state index contributed by atoms with van der Waals surface area (Å²) in [6.45, 7) is 0.506. The molecule has 12 heteroatoms. The van der Waals surface area contributed by atoms with E-state index in [0.717, 1.165) is 10.5 Å². The van der Waals surface area contributed by atoms with Gasteiger partial charge in [-0.25, -0.2) is 9.59 Å². The molecule has 3 N–H and O–H groups in total. The molecule has 0 saturated carbocycles. The first kappa shape index (κ1) is 24.4. The Kier molecular flexibility index (Phi) is 7.82. The lowest BCUT2D eigenvalue weighted by molar-refractivity contribution is -0.151. The zero-order chi connectivity index (χ0) is 24.1. The summed E-state index contributed by atoms with van der Waals surface area (Å²) in [7, 11) is 1.99. The van der Waals surface area contributed by atoms with Gasteiger partial charge in [-0.3, -0.25) is 18.7 Å². The number of carbonyl (C=O) groups is 4. The van der Waals surface area contributed by atoms with E-state index in [1.165, 1.54) is 0 Å². The zero-order valence-corrected chi connectivity index (χ0v) is 19.1. The monoisotopic (exact) mass is 478 g/mol. The fraction of sp³-hybridized carbons (Fsp3) is 0.429. The number of aliphatic carboxylic acids is 1. The van der Waals surface area contributed by atoms with E-state index in [2.05, 4.69) is 10.6 Å². The van der Waals surface area contributed by atoms with E-state index in [-0.39, 0.29) is 23.4 Å². The number of hydrogen-bond donors (Lipinski definition) is 3. The van der Waals surface area contributed by atoms with Crippen molar-refractivity contribution >= 4 is 34.7 Å². The highest BCUT2D eigenvalue weighted by molar-refractivity contribution is 7.86. The van der Waals surface area contributed by atoms with Crippen LogP contribution in [0.25, 0.3) is 0 Å². The number of hydrogen-bond acceptors (Lipinski definition) is 7. The zero-order valence-electron chi connectivity index (χ0n) is 18.3. The van der Waals surface area contributed by atoms with E-state index in [1.807, 2.05) is 25.1 Å². The number of ether oxygens (including phenoxy) is 1. The molecule has 0 aromatic heterocycles. The first-order valence-electron chi connectivity index (χ1n) is 10.2. The number of alkyl carbamates (subject to hydrolysis) is 1. The Labute approximate surface area is 193 Å². The molecule has 0 bridgehead atoms. The summed E-state index contributed by atoms with van der Waals surface area (Å²) in [5, 5.41) is 13.8. The van der Waals surface area contributed by atoms with Gasteiger partial charge in [0.2, 0.25) is 5.91 Å². The molecule has 0 radical (unpaired) electrons. The molecule has 3 atom stereocenters. The molecule has 178 valence electrons. The molecule has 1 aromatic carbocycles. The van der Waals surface area contributed by atoms with Crippen molar-refractivity contribution in [2.45, 2.75) is 17.8 Å². The second-order valence-electron chi connectivity index (χ2n) is 7.89. The maximum absolute atomic E-state index is 12.8. The Morgan fingerprint density at radius 2 is 1.94 bits per heavy atom. The van der Waals surface area contributed by atoms with Gasteiger partial charge in [0.15, 0.2) is 0 Å². The SMILES string of the molecule is CN(C)CCNC(=O)OCC1=C(C(=O)O)N2C(=O)C(NC(=O)Cc3ccccc3)[C@H]2S(=O)C1. The molecule has 3 amide bonds. The van der Waals surface area contributed by atoms with Crippen LogP contribution >= 0.6 is 0 Å². The van der Waals surface area contributed by atoms with Crippen molar-refractivity contribution < 1.29 is 33.2 Å². The predicted molar refractivity (Wildman–Crippen MR) is 118 cm³/mol. The van der Waals surface area contributed by atoms with Gasteiger partial charge in [0.05, 0.1) is 23.0 Å². The van der Waals surface area contributed by atoms with Crippen LogP contribution in [0.4, 0.5) is 4.79 Å². The molecule has 1 fully saturated rings. The van der Waals surface area contributed by atoms with E-state index in [0.29, 0.717) is 13.1 Å². The minimum Gasteiger partial charge on any atom is -0.477 e. The van der Waals surface area contributed by atoms with Gasteiger partial charge in [0, 0.05) is 18.7 Å². The van der Waals surface area contributed by atoms with Gasteiger partial charge in [0.25, 0.3) is 5.91 Å². The molecular weight excluding hydrogens is 452 g/mol. The van der Waals surface area contributed by atoms with Crippen molar-refractivity contribution in [3.8, 4) is 0 Å². The minimum atomic E-state index is -1.68. The average Bonchev–Trinajstić information content (AvgIpc) is 2.75. The van der Waals surface area contributed by atoms with Crippen LogP contribution in [-0.4, -0.2) is 94.0 Å². The largest absolute Gasteiger partial charge is 0.477 e. The van der Waals surface area contributed by atoms with Gasteiger partial charge >= 0.3 is 12.1 Å². The molecule has 2 unspecified atom stereocenters. The van der Waals surface area contributed by atoms with Gasteiger partial charge < -0.3 is 25.4 Å². The Morgan fingerprint density at radius 1 is 1.24 bits per heavy atom. The molecule has 0 spiro atoms. The molecule has 11 nitrogen and oxygen atoms in total. The number of carboxylic acid groups (broad SMARTS) is 1. The lowest BCUT2D eigenvalue weighted by atomic mass is 10.0. The Hall–Kier alpha value is -3.25. The summed E-state index contributed by atoms with van der Waals surface area (Å²) in [4.78, 5) is 51.5. The fourth-order valence-electron chi connectivity index (χ4n) is 3.56. The minimum absolute atomic E-state index is 0.0353. The molecule has 0 aliphatic carbocycles. The molecule has 2 heterocycles. The first-order valence-corrected chi connectivity index (χ1v) is 11.6. The standard InChI is InChI=1S/C21H26N4O7S/c1-24(2)9-8-22-21(30)32-11-14-12-33(31)19-16(18(27)25(19)17(14)20(28)29)23-15(26)10-13-6-4-3-5-7-13/h3-7,16,19H,8-12H2,1-2H3,(H,22,30)(H,23,26)(H,28,29)/t16?,19-,33?/m1/s1. The van der Waals surface area contributed by atoms with Crippen molar-refractivity contribution in [2.24, 2.45) is 0 Å². The Balaban J connectivity index is 1.65. The van der Waals surface area contributed by atoms with Crippen LogP contribution in [0, 0.1) is 0 Å². The van der Waals surface area contributed by atoms with Crippen molar-refractivity contribution in [2.75, 3.05) is 39.5 Å². The second kappa shape index (κ2) is 10.6. The molecule has 3 rings (SSSR count). The second-order valence-corrected chi connectivity index (χ2v) is 9.43. The van der Waals surface area contributed by atoms with Crippen LogP contribution in [0.15, 0.2) is 41.6 Å². The third-order valence-corrected chi connectivity index (χ3v) is 6.79. The van der Waals surface area contributed by atoms with Crippen LogP contribution in [0.1, 0.15) is 5.56 Å². The van der Waals surface area contributed by atoms with E-state index < -0.39 is 52.7 Å². The number of nitrogens with one attached hydrogen (secondary N) is 2. The quantitative estimate of drug-likeness (QED) is 0.394. The normalized spacial score (nSPS) is 21.8. The van der Waals surface area contributed by atoms with Crippen molar-refractivity contribution in [1.82, 2.24) is 20.4 Å². The number of benzene rings is 1. The fourth-order valence-corrected chi connectivity index (χ4v) is 5.22. The van der Waals surface area contributed by atoms with Crippen molar-refractivity contribution in [3.63, 3.8) is 0 Å². The summed E-state index contributed by atoms with van der Waals surface area (Å²) in [5.74, 6) is -2.68. The maximum atomic E-state index is 12.8. The maximum Gasteiger partial charge on any atom is 0.407 e. The first-order chi connectivity index (χ1) is 15.7. The van der Waals surface area contributed by atoms with Gasteiger partial charge in [-0.15, -0.1) is 0 Å².